The Morgan fingerprint density at radius 2 is 1.68 bits per heavy atom. The number of fused-ring (bicyclic) bond motifs is 1. The van der Waals surface area contributed by atoms with Crippen LogP contribution in [0.4, 0.5) is 10.5 Å². The number of hydrogen-bond donors (Lipinski definition) is 0. The van der Waals surface area contributed by atoms with Crippen molar-refractivity contribution in [1.29, 1.82) is 0 Å². The number of anilines is 1. The second-order valence-electron chi connectivity index (χ2n) is 12.7. The van der Waals surface area contributed by atoms with Gasteiger partial charge in [-0.2, -0.15) is 0 Å². The van der Waals surface area contributed by atoms with Crippen molar-refractivity contribution in [2.75, 3.05) is 51.3 Å². The molecule has 1 aromatic heterocycles. The summed E-state index contributed by atoms with van der Waals surface area (Å²) in [6.07, 6.45) is 0.133. The van der Waals surface area contributed by atoms with E-state index in [0.717, 1.165) is 37.4 Å². The Bertz CT molecular complexity index is 1610. The van der Waals surface area contributed by atoms with E-state index >= 15 is 0 Å². The third-order valence-corrected chi connectivity index (χ3v) is 8.60. The number of ether oxygens (including phenoxy) is 2. The zero-order chi connectivity index (χ0) is 31.2. The lowest BCUT2D eigenvalue weighted by Crippen LogP contribution is -2.63. The Labute approximate surface area is 255 Å². The zero-order valence-corrected chi connectivity index (χ0v) is 25.7. The van der Waals surface area contributed by atoms with Gasteiger partial charge in [0.15, 0.2) is 5.58 Å². The molecule has 1 unspecified atom stereocenters. The van der Waals surface area contributed by atoms with Gasteiger partial charge in [0.05, 0.1) is 19.2 Å². The Balaban J connectivity index is 1.10. The lowest BCUT2D eigenvalue weighted by Gasteiger charge is -2.49. The number of methoxy groups -OCH3 is 1. The van der Waals surface area contributed by atoms with E-state index in [4.69, 9.17) is 13.9 Å². The molecular weight excluding hydrogens is 566 g/mol. The maximum absolute atomic E-state index is 13.5. The quantitative estimate of drug-likeness (QED) is 0.390. The number of carbonyl (C=O) groups is 3. The summed E-state index contributed by atoms with van der Waals surface area (Å²) in [7, 11) is 1.58. The topological polar surface area (TPSA) is 118 Å². The van der Waals surface area contributed by atoms with Crippen LogP contribution in [0.5, 0.6) is 5.75 Å². The molecule has 2 aromatic carbocycles. The van der Waals surface area contributed by atoms with Crippen LogP contribution in [0, 0.1) is 0 Å². The molecule has 1 atom stereocenters. The minimum absolute atomic E-state index is 0.124. The molecule has 3 amide bonds. The number of oxazole rings is 1. The van der Waals surface area contributed by atoms with Crippen LogP contribution < -0.4 is 15.4 Å². The highest BCUT2D eigenvalue weighted by Gasteiger charge is 2.38. The van der Waals surface area contributed by atoms with E-state index in [2.05, 4.69) is 9.80 Å². The number of piperazine rings is 1. The molecule has 3 fully saturated rings. The van der Waals surface area contributed by atoms with Crippen LogP contribution in [-0.2, 0) is 20.9 Å². The number of amides is 3. The smallest absolute Gasteiger partial charge is 0.420 e. The van der Waals surface area contributed by atoms with E-state index in [0.29, 0.717) is 36.0 Å². The molecule has 6 rings (SSSR count). The fraction of sp³-hybridized carbons (Fsp3) is 0.500. The SMILES string of the molecule is COc1ccc(CN2C(=O)CCC(n3c(=O)oc4cc(N5CC(N6CCN(C(=O)OC(C)(C)C)CC6)C5)ccc43)C2=O)cc1. The third kappa shape index (κ3) is 5.90. The molecular formula is C32H39N5O7. The monoisotopic (exact) mass is 605 g/mol. The van der Waals surface area contributed by atoms with Crippen molar-refractivity contribution in [1.82, 2.24) is 19.3 Å². The highest BCUT2D eigenvalue weighted by Crippen LogP contribution is 2.32. The molecule has 3 aliphatic rings. The maximum Gasteiger partial charge on any atom is 0.420 e. The van der Waals surface area contributed by atoms with Crippen LogP contribution >= 0.6 is 0 Å². The fourth-order valence-corrected chi connectivity index (χ4v) is 6.15. The van der Waals surface area contributed by atoms with Gasteiger partial charge in [-0.05, 0) is 57.0 Å². The first-order valence-electron chi connectivity index (χ1n) is 15.1. The molecule has 0 saturated carbocycles. The molecule has 3 aromatic rings. The zero-order valence-electron chi connectivity index (χ0n) is 25.7. The van der Waals surface area contributed by atoms with Gasteiger partial charge in [-0.3, -0.25) is 24.0 Å². The molecule has 234 valence electrons. The average Bonchev–Trinajstić information content (AvgIpc) is 3.29. The summed E-state index contributed by atoms with van der Waals surface area (Å²) < 4.78 is 17.7. The predicted octanol–water partition coefficient (Wildman–Crippen LogP) is 3.23. The highest BCUT2D eigenvalue weighted by atomic mass is 16.6. The number of likely N-dealkylation sites (tertiary alicyclic amines) is 1. The van der Waals surface area contributed by atoms with E-state index < -0.39 is 23.3 Å². The minimum atomic E-state index is -0.821. The predicted molar refractivity (Wildman–Crippen MR) is 163 cm³/mol. The Morgan fingerprint density at radius 3 is 2.34 bits per heavy atom. The molecule has 0 radical (unpaired) electrons. The lowest BCUT2D eigenvalue weighted by atomic mass is 10.0. The summed E-state index contributed by atoms with van der Waals surface area (Å²) in [6, 6.07) is 12.3. The molecule has 4 heterocycles. The molecule has 12 nitrogen and oxygen atoms in total. The summed E-state index contributed by atoms with van der Waals surface area (Å²) >= 11 is 0. The summed E-state index contributed by atoms with van der Waals surface area (Å²) in [5.74, 6) is -0.601. The standard InChI is InChI=1S/C32H39N5O7/c1-32(2,3)44-30(40)34-15-13-33(14-16-34)23-19-35(20-23)22-7-10-25-27(17-22)43-31(41)37(25)26-11-12-28(38)36(29(26)39)18-21-5-8-24(42-4)9-6-21/h5-10,17,23,26H,11-16,18-20H2,1-4H3. The van der Waals surface area contributed by atoms with Crippen molar-refractivity contribution < 1.29 is 28.3 Å². The number of piperidine rings is 1. The van der Waals surface area contributed by atoms with Gasteiger partial charge in [0.25, 0.3) is 5.91 Å². The van der Waals surface area contributed by atoms with E-state index in [-0.39, 0.29) is 31.4 Å². The van der Waals surface area contributed by atoms with Crippen LogP contribution in [0.2, 0.25) is 0 Å². The van der Waals surface area contributed by atoms with Gasteiger partial charge in [-0.1, -0.05) is 12.1 Å². The Kier molecular flexibility index (Phi) is 7.87. The number of nitrogens with zero attached hydrogens (tertiary/aromatic N) is 5. The molecule has 12 heteroatoms. The first-order chi connectivity index (χ1) is 21.0. The van der Waals surface area contributed by atoms with Gasteiger partial charge in [0, 0.05) is 63.5 Å². The van der Waals surface area contributed by atoms with Gasteiger partial charge in [-0.25, -0.2) is 9.59 Å². The molecule has 0 N–H and O–H groups in total. The van der Waals surface area contributed by atoms with Crippen molar-refractivity contribution in [3.05, 3.63) is 58.6 Å². The van der Waals surface area contributed by atoms with E-state index in [1.165, 1.54) is 9.47 Å². The average molecular weight is 606 g/mol. The molecule has 3 aliphatic heterocycles. The van der Waals surface area contributed by atoms with Gasteiger partial charge < -0.3 is 23.7 Å². The molecule has 44 heavy (non-hydrogen) atoms. The summed E-state index contributed by atoms with van der Waals surface area (Å²) in [5, 5.41) is 0. The second-order valence-corrected chi connectivity index (χ2v) is 12.7. The van der Waals surface area contributed by atoms with Crippen LogP contribution in [0.15, 0.2) is 51.7 Å². The van der Waals surface area contributed by atoms with Crippen molar-refractivity contribution in [3.63, 3.8) is 0 Å². The van der Waals surface area contributed by atoms with Crippen molar-refractivity contribution in [2.45, 2.75) is 57.8 Å². The number of hydrogen-bond acceptors (Lipinski definition) is 9. The van der Waals surface area contributed by atoms with E-state index in [1.807, 2.05) is 51.1 Å². The fourth-order valence-electron chi connectivity index (χ4n) is 6.15. The summed E-state index contributed by atoms with van der Waals surface area (Å²) in [4.78, 5) is 59.3. The second kappa shape index (κ2) is 11.6. The highest BCUT2D eigenvalue weighted by molar-refractivity contribution is 6.00. The van der Waals surface area contributed by atoms with Gasteiger partial charge in [0.2, 0.25) is 5.91 Å². The maximum atomic E-state index is 13.5. The lowest BCUT2D eigenvalue weighted by molar-refractivity contribution is -0.151. The third-order valence-electron chi connectivity index (χ3n) is 8.60. The van der Waals surface area contributed by atoms with Crippen LogP contribution in [0.1, 0.15) is 45.2 Å². The van der Waals surface area contributed by atoms with Crippen LogP contribution in [-0.4, -0.2) is 95.2 Å². The van der Waals surface area contributed by atoms with Crippen molar-refractivity contribution in [3.8, 4) is 5.75 Å². The van der Waals surface area contributed by atoms with Gasteiger partial charge in [0.1, 0.15) is 17.4 Å². The van der Waals surface area contributed by atoms with Crippen LogP contribution in [0.25, 0.3) is 11.1 Å². The number of aromatic nitrogens is 1. The van der Waals surface area contributed by atoms with Crippen molar-refractivity contribution in [2.24, 2.45) is 0 Å². The number of carbonyl (C=O) groups excluding carboxylic acids is 3. The Hall–Kier alpha value is -4.32. The molecule has 3 saturated heterocycles. The summed E-state index contributed by atoms with van der Waals surface area (Å²) in [6.45, 7) is 10.3. The van der Waals surface area contributed by atoms with E-state index in [1.54, 1.807) is 24.1 Å². The first-order valence-corrected chi connectivity index (χ1v) is 15.1. The Morgan fingerprint density at radius 1 is 0.977 bits per heavy atom. The number of imide groups is 1. The molecule has 0 aliphatic carbocycles. The summed E-state index contributed by atoms with van der Waals surface area (Å²) in [5.41, 5.74) is 2.17. The molecule has 0 bridgehead atoms. The number of benzene rings is 2. The van der Waals surface area contributed by atoms with Crippen molar-refractivity contribution >= 4 is 34.7 Å². The largest absolute Gasteiger partial charge is 0.497 e. The first kappa shape index (κ1) is 29.7. The number of rotatable bonds is 6. The van der Waals surface area contributed by atoms with Gasteiger partial charge >= 0.3 is 11.8 Å². The molecule has 0 spiro atoms. The minimum Gasteiger partial charge on any atom is -0.497 e. The normalized spacial score (nSPS) is 20.3. The van der Waals surface area contributed by atoms with Crippen LogP contribution in [0.3, 0.4) is 0 Å². The van der Waals surface area contributed by atoms with E-state index in [9.17, 15) is 19.2 Å². The van der Waals surface area contributed by atoms with Gasteiger partial charge in [-0.15, -0.1) is 0 Å².